The van der Waals surface area contributed by atoms with Gasteiger partial charge in [0.1, 0.15) is 5.82 Å². The molecule has 0 bridgehead atoms. The van der Waals surface area contributed by atoms with Crippen LogP contribution in [0.1, 0.15) is 5.56 Å². The summed E-state index contributed by atoms with van der Waals surface area (Å²) in [5.41, 5.74) is 1.78. The van der Waals surface area contributed by atoms with Crippen LogP contribution < -0.4 is 19.7 Å². The van der Waals surface area contributed by atoms with Crippen molar-refractivity contribution < 1.29 is 18.7 Å². The van der Waals surface area contributed by atoms with Gasteiger partial charge in [-0.2, -0.15) is 0 Å². The highest BCUT2D eigenvalue weighted by Gasteiger charge is 2.21. The summed E-state index contributed by atoms with van der Waals surface area (Å²) >= 11 is 0. The van der Waals surface area contributed by atoms with Gasteiger partial charge in [0, 0.05) is 38.4 Å². The van der Waals surface area contributed by atoms with Gasteiger partial charge >= 0.3 is 6.03 Å². The maximum absolute atomic E-state index is 13.4. The Morgan fingerprint density at radius 2 is 1.78 bits per heavy atom. The molecule has 1 aliphatic rings. The number of hydrogen-bond acceptors (Lipinski definition) is 4. The lowest BCUT2D eigenvalue weighted by Gasteiger charge is -2.36. The summed E-state index contributed by atoms with van der Waals surface area (Å²) in [5.74, 6) is 1.04. The molecule has 7 heteroatoms. The van der Waals surface area contributed by atoms with Crippen molar-refractivity contribution in [2.45, 2.75) is 6.54 Å². The SMILES string of the molecule is COc1ccc(CNC(=O)N2CCN(c3cccc(F)c3)CC2)cc1OC. The lowest BCUT2D eigenvalue weighted by atomic mass is 10.2. The van der Waals surface area contributed by atoms with Gasteiger partial charge in [0.05, 0.1) is 14.2 Å². The highest BCUT2D eigenvalue weighted by atomic mass is 19.1. The van der Waals surface area contributed by atoms with Crippen molar-refractivity contribution in [2.24, 2.45) is 0 Å². The fourth-order valence-corrected chi connectivity index (χ4v) is 3.12. The first kappa shape index (κ1) is 18.8. The third-order valence-corrected chi connectivity index (χ3v) is 4.63. The number of carbonyl (C=O) groups excluding carboxylic acids is 1. The quantitative estimate of drug-likeness (QED) is 0.876. The van der Waals surface area contributed by atoms with E-state index in [-0.39, 0.29) is 11.8 Å². The average Bonchev–Trinajstić information content (AvgIpc) is 2.71. The Labute approximate surface area is 158 Å². The van der Waals surface area contributed by atoms with Gasteiger partial charge in [0.15, 0.2) is 11.5 Å². The molecule has 1 N–H and O–H groups in total. The lowest BCUT2D eigenvalue weighted by Crippen LogP contribution is -2.51. The number of halogens is 1. The summed E-state index contributed by atoms with van der Waals surface area (Å²) in [6.07, 6.45) is 0. The normalized spacial score (nSPS) is 14.0. The van der Waals surface area contributed by atoms with E-state index < -0.39 is 0 Å². The Morgan fingerprint density at radius 1 is 1.04 bits per heavy atom. The van der Waals surface area contributed by atoms with E-state index in [2.05, 4.69) is 10.2 Å². The zero-order chi connectivity index (χ0) is 19.2. The Kier molecular flexibility index (Phi) is 6.01. The molecule has 1 saturated heterocycles. The molecule has 1 aliphatic heterocycles. The molecule has 1 heterocycles. The summed E-state index contributed by atoms with van der Waals surface area (Å²) in [4.78, 5) is 16.3. The summed E-state index contributed by atoms with van der Waals surface area (Å²) in [6.45, 7) is 2.94. The minimum Gasteiger partial charge on any atom is -0.493 e. The maximum Gasteiger partial charge on any atom is 0.317 e. The van der Waals surface area contributed by atoms with Crippen molar-refractivity contribution >= 4 is 11.7 Å². The predicted octanol–water partition coefficient (Wildman–Crippen LogP) is 2.87. The zero-order valence-corrected chi connectivity index (χ0v) is 15.6. The predicted molar refractivity (Wildman–Crippen MR) is 102 cm³/mol. The molecule has 0 aromatic heterocycles. The lowest BCUT2D eigenvalue weighted by molar-refractivity contribution is 0.194. The molecule has 27 heavy (non-hydrogen) atoms. The second-order valence-electron chi connectivity index (χ2n) is 6.30. The number of ether oxygens (including phenoxy) is 2. The van der Waals surface area contributed by atoms with Gasteiger partial charge in [0.25, 0.3) is 0 Å². The van der Waals surface area contributed by atoms with Crippen molar-refractivity contribution in [1.82, 2.24) is 10.2 Å². The van der Waals surface area contributed by atoms with Crippen LogP contribution in [0.15, 0.2) is 42.5 Å². The van der Waals surface area contributed by atoms with Crippen LogP contribution in [0.4, 0.5) is 14.9 Å². The van der Waals surface area contributed by atoms with Crippen LogP contribution in [0.25, 0.3) is 0 Å². The molecule has 3 rings (SSSR count). The van der Waals surface area contributed by atoms with Crippen LogP contribution in [-0.4, -0.2) is 51.3 Å². The number of nitrogens with zero attached hydrogens (tertiary/aromatic N) is 2. The number of hydrogen-bond donors (Lipinski definition) is 1. The molecule has 1 fully saturated rings. The number of rotatable bonds is 5. The van der Waals surface area contributed by atoms with E-state index in [1.165, 1.54) is 12.1 Å². The molecule has 0 aliphatic carbocycles. The third kappa shape index (κ3) is 4.61. The fraction of sp³-hybridized carbons (Fsp3) is 0.350. The molecule has 6 nitrogen and oxygen atoms in total. The molecule has 2 amide bonds. The van der Waals surface area contributed by atoms with Gasteiger partial charge in [-0.25, -0.2) is 9.18 Å². The van der Waals surface area contributed by atoms with Gasteiger partial charge < -0.3 is 24.6 Å². The summed E-state index contributed by atoms with van der Waals surface area (Å²) in [6, 6.07) is 12.0. The molecule has 0 unspecified atom stereocenters. The van der Waals surface area contributed by atoms with Gasteiger partial charge in [-0.1, -0.05) is 12.1 Å². The van der Waals surface area contributed by atoms with E-state index in [0.717, 1.165) is 11.3 Å². The summed E-state index contributed by atoms with van der Waals surface area (Å²) in [7, 11) is 3.17. The summed E-state index contributed by atoms with van der Waals surface area (Å²) < 4.78 is 23.9. The van der Waals surface area contributed by atoms with Crippen LogP contribution in [0.5, 0.6) is 11.5 Å². The Hall–Kier alpha value is -2.96. The number of methoxy groups -OCH3 is 2. The molecular weight excluding hydrogens is 349 g/mol. The smallest absolute Gasteiger partial charge is 0.317 e. The van der Waals surface area contributed by atoms with Crippen molar-refractivity contribution in [3.63, 3.8) is 0 Å². The highest BCUT2D eigenvalue weighted by Crippen LogP contribution is 2.27. The van der Waals surface area contributed by atoms with E-state index >= 15 is 0 Å². The number of benzene rings is 2. The maximum atomic E-state index is 13.4. The number of urea groups is 1. The molecule has 2 aromatic carbocycles. The number of nitrogens with one attached hydrogen (secondary N) is 1. The molecule has 0 spiro atoms. The standard InChI is InChI=1S/C20H24FN3O3/c1-26-18-7-6-15(12-19(18)27-2)14-22-20(25)24-10-8-23(9-11-24)17-5-3-4-16(21)13-17/h3-7,12-13H,8-11,14H2,1-2H3,(H,22,25). The third-order valence-electron chi connectivity index (χ3n) is 4.63. The molecule has 2 aromatic rings. The molecule has 144 valence electrons. The monoisotopic (exact) mass is 373 g/mol. The first-order chi connectivity index (χ1) is 13.1. The van der Waals surface area contributed by atoms with E-state index in [4.69, 9.17) is 9.47 Å². The number of amides is 2. The van der Waals surface area contributed by atoms with Crippen LogP contribution >= 0.6 is 0 Å². The van der Waals surface area contributed by atoms with Crippen LogP contribution in [0.3, 0.4) is 0 Å². The van der Waals surface area contributed by atoms with E-state index in [1.807, 2.05) is 24.3 Å². The van der Waals surface area contributed by atoms with E-state index in [9.17, 15) is 9.18 Å². The summed E-state index contributed by atoms with van der Waals surface area (Å²) in [5, 5.41) is 2.93. The first-order valence-electron chi connectivity index (χ1n) is 8.85. The minimum absolute atomic E-state index is 0.108. The number of anilines is 1. The second-order valence-corrected chi connectivity index (χ2v) is 6.30. The van der Waals surface area contributed by atoms with Crippen molar-refractivity contribution in [1.29, 1.82) is 0 Å². The topological polar surface area (TPSA) is 54.0 Å². The Bertz CT molecular complexity index is 792. The molecule has 0 saturated carbocycles. The Morgan fingerprint density at radius 3 is 2.44 bits per heavy atom. The molecular formula is C20H24FN3O3. The highest BCUT2D eigenvalue weighted by molar-refractivity contribution is 5.74. The van der Waals surface area contributed by atoms with E-state index in [1.54, 1.807) is 25.2 Å². The largest absolute Gasteiger partial charge is 0.493 e. The van der Waals surface area contributed by atoms with Crippen LogP contribution in [-0.2, 0) is 6.54 Å². The Balaban J connectivity index is 1.51. The van der Waals surface area contributed by atoms with E-state index in [0.29, 0.717) is 44.2 Å². The molecule has 0 atom stereocenters. The van der Waals surface area contributed by atoms with Crippen molar-refractivity contribution in [3.05, 3.63) is 53.8 Å². The van der Waals surface area contributed by atoms with Crippen LogP contribution in [0, 0.1) is 5.82 Å². The van der Waals surface area contributed by atoms with Gasteiger partial charge in [-0.3, -0.25) is 0 Å². The average molecular weight is 373 g/mol. The number of carbonyl (C=O) groups is 1. The minimum atomic E-state index is -0.248. The van der Waals surface area contributed by atoms with Gasteiger partial charge in [-0.05, 0) is 35.9 Å². The van der Waals surface area contributed by atoms with Gasteiger partial charge in [0.2, 0.25) is 0 Å². The zero-order valence-electron chi connectivity index (χ0n) is 15.6. The van der Waals surface area contributed by atoms with Crippen LogP contribution in [0.2, 0.25) is 0 Å². The first-order valence-corrected chi connectivity index (χ1v) is 8.85. The van der Waals surface area contributed by atoms with Crippen molar-refractivity contribution in [2.75, 3.05) is 45.3 Å². The number of piperazine rings is 1. The fourth-order valence-electron chi connectivity index (χ4n) is 3.12. The second kappa shape index (κ2) is 8.62. The van der Waals surface area contributed by atoms with Crippen molar-refractivity contribution in [3.8, 4) is 11.5 Å². The molecule has 0 radical (unpaired) electrons. The van der Waals surface area contributed by atoms with Gasteiger partial charge in [-0.15, -0.1) is 0 Å².